The molecule has 0 heterocycles. The first-order chi connectivity index (χ1) is 42.0. The van der Waals surface area contributed by atoms with Crippen LogP contribution in [0.5, 0.6) is 0 Å². The molecule has 0 aromatic heterocycles. The van der Waals surface area contributed by atoms with E-state index in [1.165, 1.54) is 270 Å². The van der Waals surface area contributed by atoms with Crippen molar-refractivity contribution in [3.05, 3.63) is 60.8 Å². The molecule has 0 saturated carbocycles. The highest BCUT2D eigenvalue weighted by Crippen LogP contribution is 2.38. The molecule has 0 amide bonds. The molecule has 9 nitrogen and oxygen atoms in total. The zero-order valence-corrected chi connectivity index (χ0v) is 58.4. The van der Waals surface area contributed by atoms with Gasteiger partial charge in [-0.05, 0) is 83.5 Å². The van der Waals surface area contributed by atoms with Gasteiger partial charge in [0.05, 0.1) is 27.7 Å². The van der Waals surface area contributed by atoms with Gasteiger partial charge in [0.2, 0.25) is 0 Å². The summed E-state index contributed by atoms with van der Waals surface area (Å²) in [4.78, 5) is 38.1. The molecule has 0 aliphatic heterocycles. The second kappa shape index (κ2) is 67.1. The minimum Gasteiger partial charge on any atom is -0.756 e. The van der Waals surface area contributed by atoms with Crippen LogP contribution in [-0.2, 0) is 32.7 Å². The lowest BCUT2D eigenvalue weighted by molar-refractivity contribution is -0.870. The normalized spacial score (nSPS) is 13.4. The molecule has 86 heavy (non-hydrogen) atoms. The number of phosphoric acid groups is 1. The van der Waals surface area contributed by atoms with E-state index in [-0.39, 0.29) is 32.0 Å². The Morgan fingerprint density at radius 1 is 0.360 bits per heavy atom. The van der Waals surface area contributed by atoms with Crippen LogP contribution in [0.2, 0.25) is 0 Å². The number of ether oxygens (including phenoxy) is 2. The molecule has 0 aromatic rings. The van der Waals surface area contributed by atoms with Crippen molar-refractivity contribution in [2.45, 2.75) is 367 Å². The molecule has 0 N–H and O–H groups in total. The van der Waals surface area contributed by atoms with Gasteiger partial charge in [-0.2, -0.15) is 0 Å². The molecule has 2 unspecified atom stereocenters. The predicted molar refractivity (Wildman–Crippen MR) is 370 cm³/mol. The van der Waals surface area contributed by atoms with Gasteiger partial charge in [0.15, 0.2) is 6.10 Å². The number of carbonyl (C=O) groups is 2. The largest absolute Gasteiger partial charge is 0.756 e. The van der Waals surface area contributed by atoms with Crippen LogP contribution in [0.15, 0.2) is 60.8 Å². The maximum Gasteiger partial charge on any atom is 0.306 e. The predicted octanol–water partition coefficient (Wildman–Crippen LogP) is 23.5. The number of nitrogens with zero attached hydrogens (tertiary/aromatic N) is 1. The Hall–Kier alpha value is -2.29. The van der Waals surface area contributed by atoms with Crippen molar-refractivity contribution in [2.24, 2.45) is 0 Å². The number of phosphoric ester groups is 1. The fourth-order valence-corrected chi connectivity index (χ4v) is 11.5. The van der Waals surface area contributed by atoms with E-state index in [0.29, 0.717) is 17.4 Å². The fraction of sp³-hybridized carbons (Fsp3) is 0.842. The average Bonchev–Trinajstić information content (AvgIpc) is 3.70. The first kappa shape index (κ1) is 83.7. The summed E-state index contributed by atoms with van der Waals surface area (Å²) in [6.45, 7) is 4.28. The van der Waals surface area contributed by atoms with Crippen LogP contribution in [0.25, 0.3) is 0 Å². The molecule has 0 aromatic carbocycles. The molecule has 2 atom stereocenters. The van der Waals surface area contributed by atoms with Gasteiger partial charge in [-0.25, -0.2) is 0 Å². The van der Waals surface area contributed by atoms with Crippen molar-refractivity contribution in [3.8, 4) is 0 Å². The second-order valence-corrected chi connectivity index (χ2v) is 27.7. The highest BCUT2D eigenvalue weighted by molar-refractivity contribution is 7.45. The third kappa shape index (κ3) is 70.8. The lowest BCUT2D eigenvalue weighted by Gasteiger charge is -2.28. The smallest absolute Gasteiger partial charge is 0.306 e. The van der Waals surface area contributed by atoms with Crippen molar-refractivity contribution in [2.75, 3.05) is 47.5 Å². The highest BCUT2D eigenvalue weighted by Gasteiger charge is 2.22. The Labute approximate surface area is 534 Å². The van der Waals surface area contributed by atoms with Crippen LogP contribution in [-0.4, -0.2) is 70.0 Å². The van der Waals surface area contributed by atoms with Crippen LogP contribution in [0.3, 0.4) is 0 Å². The standard InChI is InChI=1S/C76H142NO8P/c1-6-8-10-12-14-16-18-20-22-24-26-28-30-32-34-36-37-38-39-41-43-45-47-49-51-53-55-57-59-61-63-65-67-69-76(79)85-74(73-84-86(80,81)83-71-70-77(3,4)5)72-82-75(78)68-66-64-62-60-58-56-54-52-50-48-46-44-42-40-35-33-31-29-27-25-23-21-19-17-15-13-11-9-7-2/h18-21,24-27,30,32,74H,6-17,22-23,28-29,31,33-73H2,1-5H3/b20-18-,21-19-,26-24-,27-25-,32-30-. The first-order valence-corrected chi connectivity index (χ1v) is 38.5. The SMILES string of the molecule is CCCCCCC/C=C\C/C=C\C/C=C\CCCCCCCCCCCCCCCCCCCCC(=O)OC(COC(=O)CCCCCCCCCCCCCCCCCCC/C=C\C/C=C\CCCCCCC)COP(=O)([O-])OCC[N+](C)(C)C. The fourth-order valence-electron chi connectivity index (χ4n) is 10.8. The molecular formula is C76H142NO8P. The molecule has 0 spiro atoms. The van der Waals surface area contributed by atoms with Crippen molar-refractivity contribution in [3.63, 3.8) is 0 Å². The third-order valence-corrected chi connectivity index (χ3v) is 17.5. The van der Waals surface area contributed by atoms with Crippen LogP contribution < -0.4 is 4.89 Å². The number of hydrogen-bond donors (Lipinski definition) is 0. The minimum atomic E-state index is -4.64. The van der Waals surface area contributed by atoms with Gasteiger partial charge in [-0.3, -0.25) is 14.2 Å². The molecule has 0 fully saturated rings. The molecule has 504 valence electrons. The summed E-state index contributed by atoms with van der Waals surface area (Å²) >= 11 is 0. The second-order valence-electron chi connectivity index (χ2n) is 26.3. The van der Waals surface area contributed by atoms with Gasteiger partial charge < -0.3 is 27.9 Å². The number of hydrogen-bond acceptors (Lipinski definition) is 8. The van der Waals surface area contributed by atoms with E-state index in [0.717, 1.165) is 57.8 Å². The number of unbranched alkanes of at least 4 members (excludes halogenated alkanes) is 45. The van der Waals surface area contributed by atoms with Crippen molar-refractivity contribution >= 4 is 19.8 Å². The summed E-state index contributed by atoms with van der Waals surface area (Å²) in [7, 11) is 1.18. The Morgan fingerprint density at radius 2 is 0.628 bits per heavy atom. The number of quaternary nitrogens is 1. The van der Waals surface area contributed by atoms with Gasteiger partial charge in [0.1, 0.15) is 19.8 Å². The van der Waals surface area contributed by atoms with E-state index in [1.807, 2.05) is 21.1 Å². The Morgan fingerprint density at radius 3 is 0.930 bits per heavy atom. The van der Waals surface area contributed by atoms with Gasteiger partial charge >= 0.3 is 11.9 Å². The number of carbonyl (C=O) groups excluding carboxylic acids is 2. The number of esters is 2. The molecule has 0 saturated heterocycles. The van der Waals surface area contributed by atoms with E-state index < -0.39 is 26.5 Å². The van der Waals surface area contributed by atoms with Gasteiger partial charge in [0, 0.05) is 12.8 Å². The number of allylic oxidation sites excluding steroid dienone is 10. The van der Waals surface area contributed by atoms with Crippen molar-refractivity contribution in [1.82, 2.24) is 0 Å². The van der Waals surface area contributed by atoms with Gasteiger partial charge in [0.25, 0.3) is 7.82 Å². The van der Waals surface area contributed by atoms with Crippen LogP contribution in [0.1, 0.15) is 361 Å². The first-order valence-electron chi connectivity index (χ1n) is 37.0. The molecule has 0 rings (SSSR count). The molecular weight excluding hydrogens is 1090 g/mol. The molecule has 0 aliphatic rings. The molecule has 0 radical (unpaired) electrons. The van der Waals surface area contributed by atoms with E-state index in [1.54, 1.807) is 0 Å². The van der Waals surface area contributed by atoms with E-state index >= 15 is 0 Å². The van der Waals surface area contributed by atoms with Crippen LogP contribution in [0.4, 0.5) is 0 Å². The summed E-state index contributed by atoms with van der Waals surface area (Å²) < 4.78 is 34.4. The monoisotopic (exact) mass is 1230 g/mol. The van der Waals surface area contributed by atoms with Crippen LogP contribution >= 0.6 is 7.82 Å². The molecule has 0 bridgehead atoms. The Balaban J connectivity index is 3.98. The topological polar surface area (TPSA) is 111 Å². The Kier molecular flexibility index (Phi) is 65.3. The maximum absolute atomic E-state index is 12.9. The Bertz CT molecular complexity index is 1630. The zero-order valence-electron chi connectivity index (χ0n) is 57.5. The van der Waals surface area contributed by atoms with Crippen LogP contribution in [0, 0.1) is 0 Å². The summed E-state index contributed by atoms with van der Waals surface area (Å²) in [5.41, 5.74) is 0. The summed E-state index contributed by atoms with van der Waals surface area (Å²) in [5.74, 6) is -0.815. The number of rotatable bonds is 69. The minimum absolute atomic E-state index is 0.0297. The maximum atomic E-state index is 12.9. The average molecular weight is 1230 g/mol. The summed E-state index contributed by atoms with van der Waals surface area (Å²) in [6.07, 6.45) is 88.8. The summed E-state index contributed by atoms with van der Waals surface area (Å²) in [5, 5.41) is 0. The third-order valence-electron chi connectivity index (χ3n) is 16.5. The lowest BCUT2D eigenvalue weighted by atomic mass is 10.0. The lowest BCUT2D eigenvalue weighted by Crippen LogP contribution is -2.37. The van der Waals surface area contributed by atoms with Crippen molar-refractivity contribution < 1.29 is 42.1 Å². The zero-order chi connectivity index (χ0) is 62.6. The van der Waals surface area contributed by atoms with Gasteiger partial charge in [-0.15, -0.1) is 0 Å². The molecule has 0 aliphatic carbocycles. The van der Waals surface area contributed by atoms with E-state index in [2.05, 4.69) is 74.6 Å². The molecule has 10 heteroatoms. The number of likely N-dealkylation sites (N-methyl/N-ethyl adjacent to an activating group) is 1. The van der Waals surface area contributed by atoms with E-state index in [9.17, 15) is 19.0 Å². The van der Waals surface area contributed by atoms with Crippen molar-refractivity contribution in [1.29, 1.82) is 0 Å². The van der Waals surface area contributed by atoms with Gasteiger partial charge in [-0.1, -0.05) is 325 Å². The summed E-state index contributed by atoms with van der Waals surface area (Å²) in [6, 6.07) is 0. The van der Waals surface area contributed by atoms with E-state index in [4.69, 9.17) is 18.5 Å². The quantitative estimate of drug-likeness (QED) is 0.0195. The highest BCUT2D eigenvalue weighted by atomic mass is 31.2.